The van der Waals surface area contributed by atoms with E-state index in [0.717, 1.165) is 34.1 Å². The van der Waals surface area contributed by atoms with Crippen LogP contribution in [0.15, 0.2) is 12.1 Å². The molecule has 0 unspecified atom stereocenters. The number of ether oxygens (including phenoxy) is 2. The van der Waals surface area contributed by atoms with Crippen LogP contribution in [0.4, 0.5) is 5.13 Å². The van der Waals surface area contributed by atoms with E-state index in [1.54, 1.807) is 25.6 Å². The molecule has 2 aromatic rings. The topological polar surface area (TPSA) is 43.4 Å². The number of fused-ring (bicyclic) bond motifs is 1. The molecule has 5 heteroatoms. The lowest BCUT2D eigenvalue weighted by atomic mass is 10.1. The standard InChI is InChI=1S/C13H18N2O2S/c1-4-9-7-10(17-3)8-11-12(9)15-13(18-11)14-5-6-16-2/h7-8H,4-6H2,1-3H3,(H,14,15). The van der Waals surface area contributed by atoms with Gasteiger partial charge in [0.1, 0.15) is 5.75 Å². The zero-order chi connectivity index (χ0) is 13.0. The summed E-state index contributed by atoms with van der Waals surface area (Å²) in [7, 11) is 3.39. The van der Waals surface area contributed by atoms with Gasteiger partial charge in [-0.25, -0.2) is 4.98 Å². The predicted octanol–water partition coefficient (Wildman–Crippen LogP) is 2.93. The van der Waals surface area contributed by atoms with E-state index >= 15 is 0 Å². The first-order valence-electron chi connectivity index (χ1n) is 5.98. The number of nitrogens with one attached hydrogen (secondary N) is 1. The Balaban J connectivity index is 2.31. The number of aryl methyl sites for hydroxylation is 1. The summed E-state index contributed by atoms with van der Waals surface area (Å²) >= 11 is 1.65. The molecule has 1 aromatic heterocycles. The molecule has 0 aliphatic rings. The van der Waals surface area contributed by atoms with Crippen molar-refractivity contribution in [1.82, 2.24) is 4.98 Å². The Morgan fingerprint density at radius 2 is 2.17 bits per heavy atom. The van der Waals surface area contributed by atoms with Crippen molar-refractivity contribution in [3.8, 4) is 5.75 Å². The third-order valence-electron chi connectivity index (χ3n) is 2.75. The van der Waals surface area contributed by atoms with Crippen molar-refractivity contribution in [2.75, 3.05) is 32.7 Å². The van der Waals surface area contributed by atoms with Gasteiger partial charge in [0.05, 0.1) is 23.9 Å². The second kappa shape index (κ2) is 6.02. The second-order valence-corrected chi connectivity index (χ2v) is 4.96. The van der Waals surface area contributed by atoms with E-state index in [1.165, 1.54) is 5.56 Å². The molecule has 18 heavy (non-hydrogen) atoms. The monoisotopic (exact) mass is 266 g/mol. The molecule has 2 rings (SSSR count). The number of hydrogen-bond donors (Lipinski definition) is 1. The average Bonchev–Trinajstić information content (AvgIpc) is 2.80. The summed E-state index contributed by atoms with van der Waals surface area (Å²) in [4.78, 5) is 4.63. The van der Waals surface area contributed by atoms with Crippen molar-refractivity contribution in [3.05, 3.63) is 17.7 Å². The van der Waals surface area contributed by atoms with Gasteiger partial charge in [-0.3, -0.25) is 0 Å². The van der Waals surface area contributed by atoms with Crippen LogP contribution in [0, 0.1) is 0 Å². The molecule has 0 amide bonds. The molecule has 0 fully saturated rings. The molecule has 0 atom stereocenters. The maximum atomic E-state index is 5.31. The van der Waals surface area contributed by atoms with Gasteiger partial charge in [0.2, 0.25) is 0 Å². The number of hydrogen-bond acceptors (Lipinski definition) is 5. The second-order valence-electron chi connectivity index (χ2n) is 3.93. The van der Waals surface area contributed by atoms with Gasteiger partial charge in [-0.05, 0) is 24.1 Å². The molecule has 0 radical (unpaired) electrons. The minimum Gasteiger partial charge on any atom is -0.497 e. The number of methoxy groups -OCH3 is 2. The number of nitrogens with zero attached hydrogens (tertiary/aromatic N) is 1. The van der Waals surface area contributed by atoms with Gasteiger partial charge in [0.15, 0.2) is 5.13 Å². The molecule has 1 N–H and O–H groups in total. The van der Waals surface area contributed by atoms with Gasteiger partial charge >= 0.3 is 0 Å². The Labute approximate surface area is 111 Å². The van der Waals surface area contributed by atoms with E-state index in [-0.39, 0.29) is 0 Å². The van der Waals surface area contributed by atoms with Crippen LogP contribution >= 0.6 is 11.3 Å². The van der Waals surface area contributed by atoms with Crippen molar-refractivity contribution < 1.29 is 9.47 Å². The molecule has 0 saturated carbocycles. The fourth-order valence-corrected chi connectivity index (χ4v) is 2.76. The van der Waals surface area contributed by atoms with Crippen LogP contribution in [0.1, 0.15) is 12.5 Å². The van der Waals surface area contributed by atoms with E-state index < -0.39 is 0 Å². The summed E-state index contributed by atoms with van der Waals surface area (Å²) in [5.41, 5.74) is 2.30. The van der Waals surface area contributed by atoms with E-state index in [4.69, 9.17) is 9.47 Å². The van der Waals surface area contributed by atoms with Crippen molar-refractivity contribution >= 4 is 26.7 Å². The van der Waals surface area contributed by atoms with Gasteiger partial charge in [-0.1, -0.05) is 18.3 Å². The SMILES string of the molecule is CCc1cc(OC)cc2sc(NCCOC)nc12. The summed E-state index contributed by atoms with van der Waals surface area (Å²) in [6.07, 6.45) is 0.953. The van der Waals surface area contributed by atoms with E-state index in [0.29, 0.717) is 6.61 Å². The summed E-state index contributed by atoms with van der Waals surface area (Å²) in [5, 5.41) is 4.20. The Morgan fingerprint density at radius 1 is 1.33 bits per heavy atom. The van der Waals surface area contributed by atoms with Gasteiger partial charge < -0.3 is 14.8 Å². The van der Waals surface area contributed by atoms with E-state index in [9.17, 15) is 0 Å². The highest BCUT2D eigenvalue weighted by molar-refractivity contribution is 7.22. The average molecular weight is 266 g/mol. The first kappa shape index (κ1) is 13.1. The van der Waals surface area contributed by atoms with Crippen molar-refractivity contribution in [2.24, 2.45) is 0 Å². The highest BCUT2D eigenvalue weighted by Crippen LogP contribution is 2.32. The van der Waals surface area contributed by atoms with Gasteiger partial charge in [-0.15, -0.1) is 0 Å². The molecule has 0 spiro atoms. The number of anilines is 1. The Bertz CT molecular complexity index is 525. The third kappa shape index (κ3) is 2.73. The van der Waals surface area contributed by atoms with Gasteiger partial charge in [-0.2, -0.15) is 0 Å². The molecular formula is C13H18N2O2S. The van der Waals surface area contributed by atoms with Crippen LogP contribution in [0.5, 0.6) is 5.75 Å². The quantitative estimate of drug-likeness (QED) is 0.816. The molecule has 1 heterocycles. The molecule has 4 nitrogen and oxygen atoms in total. The van der Waals surface area contributed by atoms with Crippen molar-refractivity contribution in [1.29, 1.82) is 0 Å². The van der Waals surface area contributed by atoms with Crippen LogP contribution in [0.2, 0.25) is 0 Å². The Morgan fingerprint density at radius 3 is 2.83 bits per heavy atom. The maximum Gasteiger partial charge on any atom is 0.183 e. The molecule has 0 bridgehead atoms. The minimum atomic E-state index is 0.680. The van der Waals surface area contributed by atoms with Crippen molar-refractivity contribution in [2.45, 2.75) is 13.3 Å². The van der Waals surface area contributed by atoms with E-state index in [2.05, 4.69) is 23.3 Å². The lowest BCUT2D eigenvalue weighted by molar-refractivity contribution is 0.211. The predicted molar refractivity (Wildman–Crippen MR) is 75.9 cm³/mol. The van der Waals surface area contributed by atoms with E-state index in [1.807, 2.05) is 6.07 Å². The van der Waals surface area contributed by atoms with Crippen LogP contribution in [0.3, 0.4) is 0 Å². The molecule has 1 aromatic carbocycles. The van der Waals surface area contributed by atoms with Crippen LogP contribution in [-0.4, -0.2) is 32.4 Å². The number of thiazole rings is 1. The minimum absolute atomic E-state index is 0.680. The molecule has 98 valence electrons. The first-order chi connectivity index (χ1) is 8.78. The van der Waals surface area contributed by atoms with Crippen LogP contribution in [0.25, 0.3) is 10.2 Å². The zero-order valence-electron chi connectivity index (χ0n) is 10.9. The summed E-state index contributed by atoms with van der Waals surface area (Å²) in [6.45, 7) is 3.58. The third-order valence-corrected chi connectivity index (χ3v) is 3.71. The summed E-state index contributed by atoms with van der Waals surface area (Å²) < 4.78 is 11.5. The van der Waals surface area contributed by atoms with Gasteiger partial charge in [0.25, 0.3) is 0 Å². The summed E-state index contributed by atoms with van der Waals surface area (Å²) in [6, 6.07) is 4.09. The number of aromatic nitrogens is 1. The van der Waals surface area contributed by atoms with Crippen molar-refractivity contribution in [3.63, 3.8) is 0 Å². The highest BCUT2D eigenvalue weighted by Gasteiger charge is 2.09. The number of rotatable bonds is 6. The van der Waals surface area contributed by atoms with Gasteiger partial charge in [0, 0.05) is 13.7 Å². The lowest BCUT2D eigenvalue weighted by Crippen LogP contribution is -2.06. The molecular weight excluding hydrogens is 248 g/mol. The summed E-state index contributed by atoms with van der Waals surface area (Å²) in [5.74, 6) is 0.895. The fraction of sp³-hybridized carbons (Fsp3) is 0.462. The smallest absolute Gasteiger partial charge is 0.183 e. The normalized spacial score (nSPS) is 10.8. The highest BCUT2D eigenvalue weighted by atomic mass is 32.1. The Kier molecular flexibility index (Phi) is 4.38. The molecule has 0 aliphatic carbocycles. The number of benzene rings is 1. The maximum absolute atomic E-state index is 5.31. The fourth-order valence-electron chi connectivity index (χ4n) is 1.79. The van der Waals surface area contributed by atoms with Crippen LogP contribution < -0.4 is 10.1 Å². The first-order valence-corrected chi connectivity index (χ1v) is 6.80. The van der Waals surface area contributed by atoms with Crippen LogP contribution in [-0.2, 0) is 11.2 Å². The molecule has 0 aliphatic heterocycles. The zero-order valence-corrected chi connectivity index (χ0v) is 11.8. The molecule has 0 saturated heterocycles. The largest absolute Gasteiger partial charge is 0.497 e. The Hall–Kier alpha value is -1.33. The lowest BCUT2D eigenvalue weighted by Gasteiger charge is -2.03.